The molecular formula is C15H17ClN4O. The Morgan fingerprint density at radius 1 is 1.33 bits per heavy atom. The molecule has 0 aliphatic heterocycles. The first-order valence-electron chi connectivity index (χ1n) is 6.85. The highest BCUT2D eigenvalue weighted by Crippen LogP contribution is 2.30. The number of hydrogen-bond acceptors (Lipinski definition) is 3. The quantitative estimate of drug-likeness (QED) is 0.695. The number of ether oxygens (including phenoxy) is 1. The van der Waals surface area contributed by atoms with Gasteiger partial charge in [0.25, 0.3) is 0 Å². The van der Waals surface area contributed by atoms with Crippen LogP contribution in [0.15, 0.2) is 24.4 Å². The Kier molecular flexibility index (Phi) is 3.59. The van der Waals surface area contributed by atoms with Crippen LogP contribution in [0.2, 0.25) is 0 Å². The van der Waals surface area contributed by atoms with Gasteiger partial charge in [-0.1, -0.05) is 6.07 Å². The Labute approximate surface area is 128 Å². The Hall–Kier alpha value is -2.01. The van der Waals surface area contributed by atoms with E-state index in [1.165, 1.54) is 0 Å². The summed E-state index contributed by atoms with van der Waals surface area (Å²) < 4.78 is 9.50. The van der Waals surface area contributed by atoms with E-state index < -0.39 is 0 Å². The minimum absolute atomic E-state index is 0.328. The fourth-order valence-electron chi connectivity index (χ4n) is 2.56. The Morgan fingerprint density at radius 3 is 2.76 bits per heavy atom. The number of hydrogen-bond donors (Lipinski definition) is 0. The first-order chi connectivity index (χ1) is 10.2. The number of benzene rings is 1. The number of imidazole rings is 1. The number of aromatic nitrogens is 4. The molecule has 5 nitrogen and oxygen atoms in total. The van der Waals surface area contributed by atoms with Crippen molar-refractivity contribution in [1.29, 1.82) is 0 Å². The highest BCUT2D eigenvalue weighted by atomic mass is 35.5. The Morgan fingerprint density at radius 2 is 2.14 bits per heavy atom. The van der Waals surface area contributed by atoms with Gasteiger partial charge in [0.05, 0.1) is 29.4 Å². The normalized spacial score (nSPS) is 11.2. The van der Waals surface area contributed by atoms with Gasteiger partial charge in [-0.15, -0.1) is 11.6 Å². The maximum Gasteiger partial charge on any atom is 0.147 e. The van der Waals surface area contributed by atoms with Crippen LogP contribution in [0.25, 0.3) is 16.7 Å². The maximum absolute atomic E-state index is 6.09. The van der Waals surface area contributed by atoms with E-state index in [4.69, 9.17) is 16.3 Å². The van der Waals surface area contributed by atoms with Crippen molar-refractivity contribution in [3.8, 4) is 11.4 Å². The number of fused-ring (bicyclic) bond motifs is 1. The number of alkyl halides is 1. The Bertz CT molecular complexity index is 790. The fraction of sp³-hybridized carbons (Fsp3) is 0.333. The lowest BCUT2D eigenvalue weighted by Crippen LogP contribution is -1.99. The van der Waals surface area contributed by atoms with E-state index in [0.29, 0.717) is 12.5 Å². The molecule has 0 fully saturated rings. The van der Waals surface area contributed by atoms with Gasteiger partial charge in [-0.05, 0) is 26.0 Å². The second kappa shape index (κ2) is 5.41. The molecule has 0 N–H and O–H groups in total. The highest BCUT2D eigenvalue weighted by Gasteiger charge is 2.17. The molecule has 110 valence electrons. The lowest BCUT2D eigenvalue weighted by molar-refractivity contribution is 0.343. The molecule has 0 atom stereocenters. The molecule has 6 heteroatoms. The summed E-state index contributed by atoms with van der Waals surface area (Å²) in [6.45, 7) is 4.54. The molecular weight excluding hydrogens is 288 g/mol. The van der Waals surface area contributed by atoms with Crippen LogP contribution in [0.3, 0.4) is 0 Å². The van der Waals surface area contributed by atoms with Crippen LogP contribution in [0.4, 0.5) is 0 Å². The number of para-hydroxylation sites is 1. The molecule has 0 saturated heterocycles. The molecule has 0 unspecified atom stereocenters. The first-order valence-corrected chi connectivity index (χ1v) is 7.38. The summed E-state index contributed by atoms with van der Waals surface area (Å²) in [5, 5.41) is 4.40. The maximum atomic E-state index is 6.09. The van der Waals surface area contributed by atoms with Crippen molar-refractivity contribution in [2.24, 2.45) is 7.05 Å². The number of aryl methyl sites for hydroxylation is 2. The predicted molar refractivity (Wildman–Crippen MR) is 83.3 cm³/mol. The molecule has 21 heavy (non-hydrogen) atoms. The standard InChI is InChI=1S/C15H17ClN4O/c1-4-21-13-7-5-6-11-15(13)17-14(8-16)20(11)12-9-19(3)18-10(12)2/h5-7,9H,4,8H2,1-3H3. The monoisotopic (exact) mass is 304 g/mol. The molecule has 1 aromatic carbocycles. The van der Waals surface area contributed by atoms with Crippen LogP contribution in [0, 0.1) is 6.92 Å². The van der Waals surface area contributed by atoms with E-state index in [-0.39, 0.29) is 0 Å². The summed E-state index contributed by atoms with van der Waals surface area (Å²) in [7, 11) is 1.90. The van der Waals surface area contributed by atoms with Crippen LogP contribution in [0.1, 0.15) is 18.4 Å². The lowest BCUT2D eigenvalue weighted by atomic mass is 10.3. The summed E-state index contributed by atoms with van der Waals surface area (Å²) in [5.41, 5.74) is 3.74. The zero-order chi connectivity index (χ0) is 15.0. The van der Waals surface area contributed by atoms with Gasteiger partial charge < -0.3 is 4.74 Å². The van der Waals surface area contributed by atoms with Crippen LogP contribution in [-0.4, -0.2) is 25.9 Å². The van der Waals surface area contributed by atoms with Gasteiger partial charge in [0, 0.05) is 13.2 Å². The summed E-state index contributed by atoms with van der Waals surface area (Å²) in [6, 6.07) is 5.92. The van der Waals surface area contributed by atoms with Crippen molar-refractivity contribution in [3.63, 3.8) is 0 Å². The summed E-state index contributed by atoms with van der Waals surface area (Å²) in [5.74, 6) is 1.89. The molecule has 0 aliphatic carbocycles. The van der Waals surface area contributed by atoms with Gasteiger partial charge in [0.1, 0.15) is 17.1 Å². The van der Waals surface area contributed by atoms with Crippen molar-refractivity contribution < 1.29 is 4.74 Å². The van der Waals surface area contributed by atoms with E-state index in [1.54, 1.807) is 4.68 Å². The van der Waals surface area contributed by atoms with E-state index in [9.17, 15) is 0 Å². The third-order valence-corrected chi connectivity index (χ3v) is 3.60. The van der Waals surface area contributed by atoms with E-state index in [1.807, 2.05) is 49.9 Å². The summed E-state index contributed by atoms with van der Waals surface area (Å²) >= 11 is 6.09. The smallest absolute Gasteiger partial charge is 0.147 e. The number of rotatable bonds is 4. The van der Waals surface area contributed by atoms with Crippen molar-refractivity contribution in [1.82, 2.24) is 19.3 Å². The number of halogens is 1. The molecule has 0 saturated carbocycles. The van der Waals surface area contributed by atoms with Gasteiger partial charge in [0.15, 0.2) is 0 Å². The van der Waals surface area contributed by atoms with Crippen molar-refractivity contribution in [2.75, 3.05) is 6.61 Å². The van der Waals surface area contributed by atoms with Crippen molar-refractivity contribution in [2.45, 2.75) is 19.7 Å². The predicted octanol–water partition coefficient (Wildman–Crippen LogP) is 3.20. The number of nitrogens with zero attached hydrogens (tertiary/aromatic N) is 4. The average molecular weight is 305 g/mol. The van der Waals surface area contributed by atoms with Gasteiger partial charge in [-0.2, -0.15) is 5.10 Å². The average Bonchev–Trinajstić information content (AvgIpc) is 2.99. The fourth-order valence-corrected chi connectivity index (χ4v) is 2.74. The highest BCUT2D eigenvalue weighted by molar-refractivity contribution is 6.17. The van der Waals surface area contributed by atoms with Crippen LogP contribution in [-0.2, 0) is 12.9 Å². The van der Waals surface area contributed by atoms with E-state index >= 15 is 0 Å². The van der Waals surface area contributed by atoms with E-state index in [2.05, 4.69) is 10.1 Å². The van der Waals surface area contributed by atoms with Crippen molar-refractivity contribution >= 4 is 22.6 Å². The molecule has 0 aliphatic rings. The van der Waals surface area contributed by atoms with Gasteiger partial charge in [-0.25, -0.2) is 4.98 Å². The molecule has 0 amide bonds. The largest absolute Gasteiger partial charge is 0.492 e. The zero-order valence-corrected chi connectivity index (χ0v) is 13.1. The third kappa shape index (κ3) is 2.27. The molecule has 3 rings (SSSR count). The van der Waals surface area contributed by atoms with Gasteiger partial charge in [-0.3, -0.25) is 9.25 Å². The third-order valence-electron chi connectivity index (χ3n) is 3.37. The minimum Gasteiger partial charge on any atom is -0.492 e. The minimum atomic E-state index is 0.328. The van der Waals surface area contributed by atoms with Crippen molar-refractivity contribution in [3.05, 3.63) is 35.9 Å². The molecule has 0 radical (unpaired) electrons. The summed E-state index contributed by atoms with van der Waals surface area (Å²) in [4.78, 5) is 4.65. The Balaban J connectivity index is 2.31. The molecule has 0 spiro atoms. The second-order valence-electron chi connectivity index (χ2n) is 4.83. The SMILES string of the molecule is CCOc1cccc2c1nc(CCl)n2-c1cn(C)nc1C. The van der Waals surface area contributed by atoms with Crippen LogP contribution >= 0.6 is 11.6 Å². The van der Waals surface area contributed by atoms with Crippen LogP contribution in [0.5, 0.6) is 5.75 Å². The first kappa shape index (κ1) is 13.9. The molecule has 2 heterocycles. The van der Waals surface area contributed by atoms with E-state index in [0.717, 1.165) is 34.0 Å². The second-order valence-corrected chi connectivity index (χ2v) is 5.09. The molecule has 0 bridgehead atoms. The molecule has 2 aromatic heterocycles. The topological polar surface area (TPSA) is 44.9 Å². The van der Waals surface area contributed by atoms with Gasteiger partial charge >= 0.3 is 0 Å². The van der Waals surface area contributed by atoms with Gasteiger partial charge in [0.2, 0.25) is 0 Å². The lowest BCUT2D eigenvalue weighted by Gasteiger charge is -2.07. The zero-order valence-electron chi connectivity index (χ0n) is 12.3. The van der Waals surface area contributed by atoms with Crippen LogP contribution < -0.4 is 4.74 Å². The molecule has 3 aromatic rings. The summed E-state index contributed by atoms with van der Waals surface area (Å²) in [6.07, 6.45) is 1.97.